The van der Waals surface area contributed by atoms with Gasteiger partial charge < -0.3 is 19.8 Å². The zero-order chi connectivity index (χ0) is 25.2. The van der Waals surface area contributed by atoms with Crippen LogP contribution in [0.1, 0.15) is 16.8 Å². The summed E-state index contributed by atoms with van der Waals surface area (Å²) in [5.41, 5.74) is 2.31. The van der Waals surface area contributed by atoms with E-state index in [-0.39, 0.29) is 24.1 Å². The molecule has 1 saturated heterocycles. The first-order valence-corrected chi connectivity index (χ1v) is 12.1. The average molecular weight is 502 g/mol. The number of carbonyl (C=O) groups is 3. The molecule has 3 amide bonds. The number of ether oxygens (including phenoxy) is 2. The molecule has 36 heavy (non-hydrogen) atoms. The molecule has 0 aliphatic carbocycles. The van der Waals surface area contributed by atoms with Crippen molar-refractivity contribution in [2.45, 2.75) is 16.6 Å². The van der Waals surface area contributed by atoms with Gasteiger partial charge in [0.1, 0.15) is 17.1 Å². The fourth-order valence-electron chi connectivity index (χ4n) is 4.19. The highest BCUT2D eigenvalue weighted by molar-refractivity contribution is 8.00. The molecule has 9 heteroatoms. The van der Waals surface area contributed by atoms with Crippen molar-refractivity contribution in [3.63, 3.8) is 0 Å². The van der Waals surface area contributed by atoms with E-state index in [2.05, 4.69) is 10.3 Å². The van der Waals surface area contributed by atoms with Crippen molar-refractivity contribution in [2.75, 3.05) is 24.4 Å². The SMILES string of the molecule is COc1cccc(OC)c1C(=O)Nc1ccc(SC2CC(=O)N(c3ccc4cc[nH]c4c3)C2=O)cc1. The molecule has 0 saturated carbocycles. The fourth-order valence-corrected chi connectivity index (χ4v) is 5.25. The zero-order valence-electron chi connectivity index (χ0n) is 19.6. The Hall–Kier alpha value is -4.24. The molecule has 1 unspecified atom stereocenters. The Morgan fingerprint density at radius 2 is 1.72 bits per heavy atom. The number of imide groups is 1. The van der Waals surface area contributed by atoms with Gasteiger partial charge in [0.2, 0.25) is 11.8 Å². The highest BCUT2D eigenvalue weighted by Crippen LogP contribution is 2.35. The van der Waals surface area contributed by atoms with E-state index in [1.165, 1.54) is 30.9 Å². The number of nitrogens with zero attached hydrogens (tertiary/aromatic N) is 1. The van der Waals surface area contributed by atoms with Gasteiger partial charge in [-0.25, -0.2) is 4.90 Å². The molecule has 1 fully saturated rings. The number of anilines is 2. The van der Waals surface area contributed by atoms with Gasteiger partial charge in [-0.1, -0.05) is 12.1 Å². The van der Waals surface area contributed by atoms with Crippen molar-refractivity contribution >= 4 is 51.8 Å². The molecule has 1 aliphatic rings. The van der Waals surface area contributed by atoms with E-state index in [0.717, 1.165) is 15.8 Å². The maximum atomic E-state index is 13.1. The smallest absolute Gasteiger partial charge is 0.263 e. The first-order valence-electron chi connectivity index (χ1n) is 11.2. The van der Waals surface area contributed by atoms with E-state index in [0.29, 0.717) is 28.4 Å². The maximum absolute atomic E-state index is 13.1. The van der Waals surface area contributed by atoms with Crippen LogP contribution in [0.25, 0.3) is 10.9 Å². The lowest BCUT2D eigenvalue weighted by Gasteiger charge is -2.15. The van der Waals surface area contributed by atoms with Crippen LogP contribution in [0.3, 0.4) is 0 Å². The number of methoxy groups -OCH3 is 2. The lowest BCUT2D eigenvalue weighted by atomic mass is 10.1. The fraction of sp³-hybridized carbons (Fsp3) is 0.148. The molecule has 8 nitrogen and oxygen atoms in total. The normalized spacial score (nSPS) is 15.4. The van der Waals surface area contributed by atoms with E-state index < -0.39 is 5.25 Å². The molecule has 2 N–H and O–H groups in total. The Kier molecular flexibility index (Phi) is 6.39. The Morgan fingerprint density at radius 1 is 1.00 bits per heavy atom. The number of carbonyl (C=O) groups excluding carboxylic acids is 3. The summed E-state index contributed by atoms with van der Waals surface area (Å²) in [7, 11) is 2.98. The number of benzene rings is 3. The summed E-state index contributed by atoms with van der Waals surface area (Å²) in [4.78, 5) is 43.8. The molecule has 5 rings (SSSR count). The molecule has 1 aliphatic heterocycles. The minimum absolute atomic E-state index is 0.123. The van der Waals surface area contributed by atoms with Crippen molar-refractivity contribution < 1.29 is 23.9 Å². The second-order valence-corrected chi connectivity index (χ2v) is 9.42. The topological polar surface area (TPSA) is 101 Å². The van der Waals surface area contributed by atoms with E-state index in [1.54, 1.807) is 36.4 Å². The molecule has 0 spiro atoms. The van der Waals surface area contributed by atoms with Crippen LogP contribution in [-0.2, 0) is 9.59 Å². The minimum atomic E-state index is -0.518. The number of hydrogen-bond donors (Lipinski definition) is 2. The van der Waals surface area contributed by atoms with Crippen LogP contribution < -0.4 is 19.7 Å². The van der Waals surface area contributed by atoms with Crippen LogP contribution >= 0.6 is 11.8 Å². The molecule has 4 aromatic rings. The highest BCUT2D eigenvalue weighted by atomic mass is 32.2. The molecule has 0 bridgehead atoms. The number of rotatable bonds is 7. The standard InChI is InChI=1S/C27H23N3O5S/c1-34-21-4-3-5-22(35-2)25(21)26(32)29-17-7-10-19(11-8-17)36-23-15-24(31)30(27(23)33)18-9-6-16-12-13-28-20(16)14-18/h3-14,23,28H,15H2,1-2H3,(H,29,32). The molecule has 1 atom stereocenters. The van der Waals surface area contributed by atoms with Gasteiger partial charge >= 0.3 is 0 Å². The van der Waals surface area contributed by atoms with Crippen molar-refractivity contribution in [2.24, 2.45) is 0 Å². The Bertz CT molecular complexity index is 1440. The van der Waals surface area contributed by atoms with Gasteiger partial charge in [-0.05, 0) is 60.0 Å². The Balaban J connectivity index is 1.27. The lowest BCUT2D eigenvalue weighted by molar-refractivity contribution is -0.121. The van der Waals surface area contributed by atoms with Gasteiger partial charge in [-0.3, -0.25) is 14.4 Å². The van der Waals surface area contributed by atoms with Crippen molar-refractivity contribution in [3.05, 3.63) is 78.5 Å². The molecule has 0 radical (unpaired) electrons. The van der Waals surface area contributed by atoms with E-state index in [4.69, 9.17) is 9.47 Å². The summed E-state index contributed by atoms with van der Waals surface area (Å²) >= 11 is 1.33. The highest BCUT2D eigenvalue weighted by Gasteiger charge is 2.40. The number of thioether (sulfide) groups is 1. The molecule has 1 aromatic heterocycles. The Labute approximate surface area is 211 Å². The summed E-state index contributed by atoms with van der Waals surface area (Å²) in [5, 5.41) is 3.34. The molecular formula is C27H23N3O5S. The number of hydrogen-bond acceptors (Lipinski definition) is 6. The third kappa shape index (κ3) is 4.40. The summed E-state index contributed by atoms with van der Waals surface area (Å²) in [6, 6.07) is 19.7. The summed E-state index contributed by atoms with van der Waals surface area (Å²) in [5.74, 6) is -0.0163. The van der Waals surface area contributed by atoms with Crippen LogP contribution in [0, 0.1) is 0 Å². The summed E-state index contributed by atoms with van der Waals surface area (Å²) < 4.78 is 10.6. The van der Waals surface area contributed by atoms with Crippen LogP contribution in [0.4, 0.5) is 11.4 Å². The van der Waals surface area contributed by atoms with E-state index in [1.807, 2.05) is 36.5 Å². The number of aromatic nitrogens is 1. The number of H-pyrrole nitrogens is 1. The van der Waals surface area contributed by atoms with Crippen LogP contribution in [-0.4, -0.2) is 42.2 Å². The van der Waals surface area contributed by atoms with Gasteiger partial charge in [0, 0.05) is 28.7 Å². The summed E-state index contributed by atoms with van der Waals surface area (Å²) in [6.45, 7) is 0. The zero-order valence-corrected chi connectivity index (χ0v) is 20.4. The van der Waals surface area contributed by atoms with Gasteiger partial charge in [0.25, 0.3) is 5.91 Å². The molecule has 182 valence electrons. The van der Waals surface area contributed by atoms with E-state index >= 15 is 0 Å². The monoisotopic (exact) mass is 501 g/mol. The van der Waals surface area contributed by atoms with Gasteiger partial charge in [0.05, 0.1) is 25.2 Å². The van der Waals surface area contributed by atoms with E-state index in [9.17, 15) is 14.4 Å². The van der Waals surface area contributed by atoms with Crippen LogP contribution in [0.2, 0.25) is 0 Å². The van der Waals surface area contributed by atoms with Gasteiger partial charge in [-0.2, -0.15) is 0 Å². The summed E-state index contributed by atoms with van der Waals surface area (Å²) in [6.07, 6.45) is 1.94. The number of nitrogens with one attached hydrogen (secondary N) is 2. The van der Waals surface area contributed by atoms with Crippen LogP contribution in [0.15, 0.2) is 77.8 Å². The number of fused-ring (bicyclic) bond motifs is 1. The first-order chi connectivity index (χ1) is 17.5. The molecule has 2 heterocycles. The maximum Gasteiger partial charge on any atom is 0.263 e. The largest absolute Gasteiger partial charge is 0.496 e. The predicted molar refractivity (Wildman–Crippen MR) is 139 cm³/mol. The van der Waals surface area contributed by atoms with Crippen molar-refractivity contribution in [3.8, 4) is 11.5 Å². The number of amides is 3. The number of aromatic amines is 1. The predicted octanol–water partition coefficient (Wildman–Crippen LogP) is 4.86. The third-order valence-electron chi connectivity index (χ3n) is 5.95. The van der Waals surface area contributed by atoms with Crippen LogP contribution in [0.5, 0.6) is 11.5 Å². The van der Waals surface area contributed by atoms with Crippen molar-refractivity contribution in [1.82, 2.24) is 4.98 Å². The van der Waals surface area contributed by atoms with Gasteiger partial charge in [0.15, 0.2) is 0 Å². The second-order valence-electron chi connectivity index (χ2n) is 8.14. The second kappa shape index (κ2) is 9.79. The quantitative estimate of drug-likeness (QED) is 0.351. The lowest BCUT2D eigenvalue weighted by Crippen LogP contribution is -2.31. The first kappa shape index (κ1) is 23.5. The molecule has 3 aromatic carbocycles. The third-order valence-corrected chi connectivity index (χ3v) is 7.14. The van der Waals surface area contributed by atoms with Crippen molar-refractivity contribution in [1.29, 1.82) is 0 Å². The van der Waals surface area contributed by atoms with Gasteiger partial charge in [-0.15, -0.1) is 11.8 Å². The molecular weight excluding hydrogens is 478 g/mol. The Morgan fingerprint density at radius 3 is 2.42 bits per heavy atom. The average Bonchev–Trinajstić information content (AvgIpc) is 3.47. The minimum Gasteiger partial charge on any atom is -0.496 e.